The number of carbonyl (C=O) groups is 2. The molecule has 0 saturated heterocycles. The summed E-state index contributed by atoms with van der Waals surface area (Å²) >= 11 is 0. The quantitative estimate of drug-likeness (QED) is 0.696. The van der Waals surface area contributed by atoms with Crippen molar-refractivity contribution in [3.8, 4) is 0 Å². The zero-order chi connectivity index (χ0) is 13.5. The van der Waals surface area contributed by atoms with Crippen LogP contribution in [0.15, 0.2) is 30.3 Å². The van der Waals surface area contributed by atoms with Crippen LogP contribution in [0, 0.1) is 0 Å². The van der Waals surface area contributed by atoms with E-state index in [1.807, 2.05) is 30.3 Å². The molecule has 1 rings (SSSR count). The zero-order valence-electron chi connectivity index (χ0n) is 10.2. The molecule has 5 nitrogen and oxygen atoms in total. The SMILES string of the molecule is CC(C(=O)NCC[C@H](O)C(=O)O)c1ccccc1. The third-order valence-corrected chi connectivity index (χ3v) is 2.69. The van der Waals surface area contributed by atoms with Gasteiger partial charge in [0, 0.05) is 13.0 Å². The van der Waals surface area contributed by atoms with Crippen LogP contribution in [0.4, 0.5) is 0 Å². The summed E-state index contributed by atoms with van der Waals surface area (Å²) in [6, 6.07) is 9.30. The molecule has 1 aromatic carbocycles. The highest BCUT2D eigenvalue weighted by Gasteiger charge is 2.16. The highest BCUT2D eigenvalue weighted by atomic mass is 16.4. The average Bonchev–Trinajstić information content (AvgIpc) is 2.38. The highest BCUT2D eigenvalue weighted by molar-refractivity contribution is 5.83. The summed E-state index contributed by atoms with van der Waals surface area (Å²) in [5.41, 5.74) is 0.897. The van der Waals surface area contributed by atoms with E-state index in [0.29, 0.717) is 0 Å². The van der Waals surface area contributed by atoms with E-state index in [-0.39, 0.29) is 24.8 Å². The number of hydrogen-bond acceptors (Lipinski definition) is 3. The molecule has 5 heteroatoms. The molecular formula is C13H17NO4. The molecule has 1 unspecified atom stereocenters. The first-order valence-corrected chi connectivity index (χ1v) is 5.76. The number of benzene rings is 1. The Labute approximate surface area is 105 Å². The van der Waals surface area contributed by atoms with Gasteiger partial charge in [-0.2, -0.15) is 0 Å². The fraction of sp³-hybridized carbons (Fsp3) is 0.385. The predicted molar refractivity (Wildman–Crippen MR) is 66.1 cm³/mol. The molecule has 0 aliphatic heterocycles. The van der Waals surface area contributed by atoms with Gasteiger partial charge in [0.15, 0.2) is 6.10 Å². The Morgan fingerprint density at radius 2 is 1.89 bits per heavy atom. The van der Waals surface area contributed by atoms with E-state index in [2.05, 4.69) is 5.32 Å². The standard InChI is InChI=1S/C13H17NO4/c1-9(10-5-3-2-4-6-10)12(16)14-8-7-11(15)13(17)18/h2-6,9,11,15H,7-8H2,1H3,(H,14,16)(H,17,18)/t9?,11-/m0/s1. The van der Waals surface area contributed by atoms with Gasteiger partial charge >= 0.3 is 5.97 Å². The fourth-order valence-electron chi connectivity index (χ4n) is 1.50. The summed E-state index contributed by atoms with van der Waals surface area (Å²) < 4.78 is 0. The lowest BCUT2D eigenvalue weighted by Crippen LogP contribution is -2.32. The molecule has 0 saturated carbocycles. The Morgan fingerprint density at radius 1 is 1.28 bits per heavy atom. The number of carboxylic acids is 1. The minimum Gasteiger partial charge on any atom is -0.479 e. The normalized spacial score (nSPS) is 13.7. The molecule has 1 aromatic rings. The lowest BCUT2D eigenvalue weighted by molar-refractivity contribution is -0.147. The van der Waals surface area contributed by atoms with Crippen molar-refractivity contribution >= 4 is 11.9 Å². The van der Waals surface area contributed by atoms with Crippen molar-refractivity contribution in [1.82, 2.24) is 5.32 Å². The maximum atomic E-state index is 11.8. The molecule has 0 aromatic heterocycles. The van der Waals surface area contributed by atoms with Gasteiger partial charge in [-0.25, -0.2) is 4.79 Å². The van der Waals surface area contributed by atoms with Crippen LogP contribution in [0.3, 0.4) is 0 Å². The minimum atomic E-state index is -1.43. The van der Waals surface area contributed by atoms with Crippen molar-refractivity contribution < 1.29 is 19.8 Å². The maximum Gasteiger partial charge on any atom is 0.332 e. The van der Waals surface area contributed by atoms with Gasteiger partial charge in [0.25, 0.3) is 0 Å². The third kappa shape index (κ3) is 4.18. The number of aliphatic hydroxyl groups excluding tert-OH is 1. The van der Waals surface area contributed by atoms with Gasteiger partial charge in [0.05, 0.1) is 5.92 Å². The molecule has 98 valence electrons. The van der Waals surface area contributed by atoms with Crippen molar-refractivity contribution in [1.29, 1.82) is 0 Å². The summed E-state index contributed by atoms with van der Waals surface area (Å²) in [5.74, 6) is -1.76. The van der Waals surface area contributed by atoms with Gasteiger partial charge in [-0.3, -0.25) is 4.79 Å². The van der Waals surface area contributed by atoms with Crippen LogP contribution >= 0.6 is 0 Å². The second-order valence-corrected chi connectivity index (χ2v) is 4.07. The summed E-state index contributed by atoms with van der Waals surface area (Å²) in [6.45, 7) is 1.92. The van der Waals surface area contributed by atoms with Crippen LogP contribution in [0.5, 0.6) is 0 Å². The molecule has 1 amide bonds. The minimum absolute atomic E-state index is 0.00256. The van der Waals surface area contributed by atoms with Crippen LogP contribution in [-0.2, 0) is 9.59 Å². The predicted octanol–water partition coefficient (Wildman–Crippen LogP) is 0.742. The molecule has 0 heterocycles. The average molecular weight is 251 g/mol. The number of carbonyl (C=O) groups excluding carboxylic acids is 1. The lowest BCUT2D eigenvalue weighted by atomic mass is 10.0. The van der Waals surface area contributed by atoms with Gasteiger partial charge in [0.2, 0.25) is 5.91 Å². The number of hydrogen-bond donors (Lipinski definition) is 3. The fourth-order valence-corrected chi connectivity index (χ4v) is 1.50. The summed E-state index contributed by atoms with van der Waals surface area (Å²) in [7, 11) is 0. The Morgan fingerprint density at radius 3 is 2.44 bits per heavy atom. The molecule has 2 atom stereocenters. The number of aliphatic carboxylic acids is 1. The monoisotopic (exact) mass is 251 g/mol. The van der Waals surface area contributed by atoms with Crippen LogP contribution < -0.4 is 5.32 Å². The van der Waals surface area contributed by atoms with E-state index in [9.17, 15) is 9.59 Å². The smallest absolute Gasteiger partial charge is 0.332 e. The van der Waals surface area contributed by atoms with E-state index < -0.39 is 12.1 Å². The topological polar surface area (TPSA) is 86.6 Å². The molecule has 0 aliphatic rings. The molecule has 0 spiro atoms. The Kier molecular flexibility index (Phi) is 5.32. The van der Waals surface area contributed by atoms with Gasteiger partial charge < -0.3 is 15.5 Å². The lowest BCUT2D eigenvalue weighted by Gasteiger charge is -2.13. The van der Waals surface area contributed by atoms with Crippen LogP contribution in [0.2, 0.25) is 0 Å². The van der Waals surface area contributed by atoms with E-state index in [4.69, 9.17) is 10.2 Å². The second kappa shape index (κ2) is 6.76. The first-order valence-electron chi connectivity index (χ1n) is 5.76. The van der Waals surface area contributed by atoms with Crippen molar-refractivity contribution in [3.63, 3.8) is 0 Å². The maximum absolute atomic E-state index is 11.8. The number of rotatable bonds is 6. The molecule has 0 fully saturated rings. The van der Waals surface area contributed by atoms with Crippen LogP contribution in [-0.4, -0.2) is 34.7 Å². The van der Waals surface area contributed by atoms with E-state index in [1.54, 1.807) is 6.92 Å². The largest absolute Gasteiger partial charge is 0.479 e. The molecular weight excluding hydrogens is 234 g/mol. The number of nitrogens with one attached hydrogen (secondary N) is 1. The zero-order valence-corrected chi connectivity index (χ0v) is 10.2. The van der Waals surface area contributed by atoms with Crippen molar-refractivity contribution in [2.75, 3.05) is 6.54 Å². The summed E-state index contributed by atoms with van der Waals surface area (Å²) in [6.07, 6.45) is -1.43. The Balaban J connectivity index is 2.40. The number of carboxylic acid groups (broad SMARTS) is 1. The molecule has 18 heavy (non-hydrogen) atoms. The first-order chi connectivity index (χ1) is 8.52. The third-order valence-electron chi connectivity index (χ3n) is 2.69. The molecule has 3 N–H and O–H groups in total. The Bertz CT molecular complexity index is 405. The highest BCUT2D eigenvalue weighted by Crippen LogP contribution is 2.14. The number of aliphatic hydroxyl groups is 1. The van der Waals surface area contributed by atoms with E-state index in [0.717, 1.165) is 5.56 Å². The summed E-state index contributed by atoms with van der Waals surface area (Å²) in [5, 5.41) is 20.1. The van der Waals surface area contributed by atoms with Crippen molar-refractivity contribution in [3.05, 3.63) is 35.9 Å². The molecule has 0 bridgehead atoms. The van der Waals surface area contributed by atoms with Crippen LogP contribution in [0.25, 0.3) is 0 Å². The molecule has 0 radical (unpaired) electrons. The van der Waals surface area contributed by atoms with Crippen molar-refractivity contribution in [2.24, 2.45) is 0 Å². The number of amides is 1. The first kappa shape index (κ1) is 14.2. The van der Waals surface area contributed by atoms with Gasteiger partial charge in [-0.05, 0) is 12.5 Å². The van der Waals surface area contributed by atoms with Gasteiger partial charge in [-0.1, -0.05) is 30.3 Å². The summed E-state index contributed by atoms with van der Waals surface area (Å²) in [4.78, 5) is 22.1. The van der Waals surface area contributed by atoms with Crippen molar-refractivity contribution in [2.45, 2.75) is 25.4 Å². The Hall–Kier alpha value is -1.88. The van der Waals surface area contributed by atoms with E-state index >= 15 is 0 Å². The van der Waals surface area contributed by atoms with E-state index in [1.165, 1.54) is 0 Å². The van der Waals surface area contributed by atoms with Crippen LogP contribution in [0.1, 0.15) is 24.8 Å². The second-order valence-electron chi connectivity index (χ2n) is 4.07. The van der Waals surface area contributed by atoms with Gasteiger partial charge in [-0.15, -0.1) is 0 Å². The molecule has 0 aliphatic carbocycles. The van der Waals surface area contributed by atoms with Gasteiger partial charge in [0.1, 0.15) is 0 Å².